The number of aromatic nitrogens is 1. The number of carbonyl (C=O) groups excluding carboxylic acids is 1. The largest absolute Gasteiger partial charge is 0.481 e. The van der Waals surface area contributed by atoms with Crippen LogP contribution in [0.25, 0.3) is 0 Å². The summed E-state index contributed by atoms with van der Waals surface area (Å²) in [7, 11) is 0. The molecule has 0 saturated heterocycles. The van der Waals surface area contributed by atoms with Crippen LogP contribution < -0.4 is 5.32 Å². The van der Waals surface area contributed by atoms with E-state index >= 15 is 0 Å². The smallest absolute Gasteiger partial charge is 0.307 e. The molecule has 2 aliphatic rings. The molecule has 4 atom stereocenters. The standard InChI is InChI=1S/C15H16N2O3/c18-14(17-8-9-2-1-5-16-7-9)12-10-3-4-11(6-10)13(12)15(19)20/h1-5,7,10-13H,6,8H2,(H,17,18)(H,19,20)/t10-,11+,12+,13+/m1/s1. The maximum absolute atomic E-state index is 12.3. The molecular formula is C15H16N2O3. The number of pyridine rings is 1. The first-order chi connectivity index (χ1) is 9.66. The van der Waals surface area contributed by atoms with Gasteiger partial charge in [-0.25, -0.2) is 0 Å². The number of allylic oxidation sites excluding steroid dienone is 2. The first-order valence-electron chi connectivity index (χ1n) is 6.74. The van der Waals surface area contributed by atoms with E-state index < -0.39 is 17.8 Å². The second-order valence-electron chi connectivity index (χ2n) is 5.42. The van der Waals surface area contributed by atoms with Gasteiger partial charge in [-0.3, -0.25) is 14.6 Å². The summed E-state index contributed by atoms with van der Waals surface area (Å²) in [5, 5.41) is 12.2. The van der Waals surface area contributed by atoms with Crippen molar-refractivity contribution in [1.29, 1.82) is 0 Å². The predicted octanol–water partition coefficient (Wildman–Crippen LogP) is 1.22. The van der Waals surface area contributed by atoms with Crippen LogP contribution in [-0.2, 0) is 16.1 Å². The molecule has 0 aromatic carbocycles. The van der Waals surface area contributed by atoms with Gasteiger partial charge in [-0.15, -0.1) is 0 Å². The molecule has 3 rings (SSSR count). The Morgan fingerprint density at radius 3 is 2.70 bits per heavy atom. The van der Waals surface area contributed by atoms with Crippen LogP contribution in [0, 0.1) is 23.7 Å². The molecule has 1 aromatic rings. The molecule has 0 spiro atoms. The highest BCUT2D eigenvalue weighted by molar-refractivity contribution is 5.86. The number of nitrogens with zero attached hydrogens (tertiary/aromatic N) is 1. The lowest BCUT2D eigenvalue weighted by Crippen LogP contribution is -2.39. The van der Waals surface area contributed by atoms with Crippen molar-refractivity contribution >= 4 is 11.9 Å². The molecular weight excluding hydrogens is 256 g/mol. The molecule has 5 nitrogen and oxygen atoms in total. The van der Waals surface area contributed by atoms with Crippen LogP contribution in [0.5, 0.6) is 0 Å². The maximum atomic E-state index is 12.3. The quantitative estimate of drug-likeness (QED) is 0.808. The predicted molar refractivity (Wildman–Crippen MR) is 71.4 cm³/mol. The van der Waals surface area contributed by atoms with Gasteiger partial charge in [0.15, 0.2) is 0 Å². The molecule has 1 fully saturated rings. The Labute approximate surface area is 116 Å². The molecule has 5 heteroatoms. The molecule has 1 aromatic heterocycles. The minimum atomic E-state index is -0.872. The fraction of sp³-hybridized carbons (Fsp3) is 0.400. The molecule has 2 N–H and O–H groups in total. The van der Waals surface area contributed by atoms with Crippen molar-refractivity contribution in [3.63, 3.8) is 0 Å². The number of carboxylic acid groups (broad SMARTS) is 1. The van der Waals surface area contributed by atoms with E-state index in [0.717, 1.165) is 12.0 Å². The second-order valence-corrected chi connectivity index (χ2v) is 5.42. The zero-order valence-corrected chi connectivity index (χ0v) is 10.9. The van der Waals surface area contributed by atoms with Crippen LogP contribution in [0.15, 0.2) is 36.7 Å². The van der Waals surface area contributed by atoms with Gasteiger partial charge in [0.25, 0.3) is 0 Å². The Hall–Kier alpha value is -2.17. The van der Waals surface area contributed by atoms with Crippen molar-refractivity contribution < 1.29 is 14.7 Å². The van der Waals surface area contributed by atoms with E-state index in [-0.39, 0.29) is 17.7 Å². The van der Waals surface area contributed by atoms with E-state index in [2.05, 4.69) is 10.3 Å². The zero-order valence-electron chi connectivity index (χ0n) is 10.9. The second kappa shape index (κ2) is 5.07. The minimum absolute atomic E-state index is 0.00615. The van der Waals surface area contributed by atoms with Crippen molar-refractivity contribution in [2.75, 3.05) is 0 Å². The Morgan fingerprint density at radius 2 is 2.05 bits per heavy atom. The first kappa shape index (κ1) is 12.8. The van der Waals surface area contributed by atoms with E-state index in [0.29, 0.717) is 6.54 Å². The average molecular weight is 272 g/mol. The summed E-state index contributed by atoms with van der Waals surface area (Å²) in [6, 6.07) is 3.68. The minimum Gasteiger partial charge on any atom is -0.481 e. The van der Waals surface area contributed by atoms with Crippen molar-refractivity contribution in [3.05, 3.63) is 42.2 Å². The summed E-state index contributed by atoms with van der Waals surface area (Å²) in [5.74, 6) is -2.00. The van der Waals surface area contributed by atoms with Crippen molar-refractivity contribution in [3.8, 4) is 0 Å². The molecule has 2 aliphatic carbocycles. The van der Waals surface area contributed by atoms with Crippen LogP contribution in [-0.4, -0.2) is 22.0 Å². The fourth-order valence-electron chi connectivity index (χ4n) is 3.33. The number of rotatable bonds is 4. The van der Waals surface area contributed by atoms with Gasteiger partial charge in [0.1, 0.15) is 0 Å². The summed E-state index contributed by atoms with van der Waals surface area (Å²) < 4.78 is 0. The number of amides is 1. The number of nitrogens with one attached hydrogen (secondary N) is 1. The number of hydrogen-bond donors (Lipinski definition) is 2. The van der Waals surface area contributed by atoms with E-state index in [9.17, 15) is 14.7 Å². The SMILES string of the molecule is O=C(NCc1cccnc1)[C@@H]1[C@@H](C(=O)O)[C@H]2C=C[C@@H]1C2. The summed E-state index contributed by atoms with van der Waals surface area (Å²) in [4.78, 5) is 27.6. The molecule has 1 heterocycles. The van der Waals surface area contributed by atoms with E-state index in [1.165, 1.54) is 0 Å². The Balaban J connectivity index is 1.68. The van der Waals surface area contributed by atoms with E-state index in [1.807, 2.05) is 24.3 Å². The van der Waals surface area contributed by atoms with Gasteiger partial charge >= 0.3 is 5.97 Å². The molecule has 0 unspecified atom stereocenters. The van der Waals surface area contributed by atoms with Crippen LogP contribution in [0.1, 0.15) is 12.0 Å². The van der Waals surface area contributed by atoms with Gasteiger partial charge in [0.05, 0.1) is 11.8 Å². The third-order valence-corrected chi connectivity index (χ3v) is 4.24. The van der Waals surface area contributed by atoms with Crippen molar-refractivity contribution in [2.45, 2.75) is 13.0 Å². The average Bonchev–Trinajstić information content (AvgIpc) is 3.06. The topological polar surface area (TPSA) is 79.3 Å². The lowest BCUT2D eigenvalue weighted by atomic mass is 9.82. The van der Waals surface area contributed by atoms with Crippen molar-refractivity contribution in [1.82, 2.24) is 10.3 Å². The first-order valence-corrected chi connectivity index (χ1v) is 6.74. The third kappa shape index (κ3) is 2.19. The molecule has 20 heavy (non-hydrogen) atoms. The fourth-order valence-corrected chi connectivity index (χ4v) is 3.33. The monoisotopic (exact) mass is 272 g/mol. The van der Waals surface area contributed by atoms with Gasteiger partial charge in [0.2, 0.25) is 5.91 Å². The van der Waals surface area contributed by atoms with Gasteiger partial charge < -0.3 is 10.4 Å². The number of fused-ring (bicyclic) bond motifs is 2. The highest BCUT2D eigenvalue weighted by Crippen LogP contribution is 2.48. The molecule has 0 radical (unpaired) electrons. The van der Waals surface area contributed by atoms with Gasteiger partial charge in [-0.2, -0.15) is 0 Å². The molecule has 2 bridgehead atoms. The van der Waals surface area contributed by atoms with Crippen LogP contribution >= 0.6 is 0 Å². The molecule has 1 saturated carbocycles. The normalized spacial score (nSPS) is 30.4. The van der Waals surface area contributed by atoms with E-state index in [1.54, 1.807) is 12.4 Å². The van der Waals surface area contributed by atoms with Crippen LogP contribution in [0.2, 0.25) is 0 Å². The summed E-state index contributed by atoms with van der Waals surface area (Å²) >= 11 is 0. The third-order valence-electron chi connectivity index (χ3n) is 4.24. The van der Waals surface area contributed by atoms with Crippen LogP contribution in [0.3, 0.4) is 0 Å². The zero-order chi connectivity index (χ0) is 14.1. The number of carboxylic acids is 1. The lowest BCUT2D eigenvalue weighted by molar-refractivity contribution is -0.147. The number of aliphatic carboxylic acids is 1. The van der Waals surface area contributed by atoms with Gasteiger partial charge in [-0.05, 0) is 29.9 Å². The highest BCUT2D eigenvalue weighted by Gasteiger charge is 2.51. The maximum Gasteiger partial charge on any atom is 0.307 e. The van der Waals surface area contributed by atoms with Gasteiger partial charge in [0, 0.05) is 18.9 Å². The molecule has 1 amide bonds. The summed E-state index contributed by atoms with van der Waals surface area (Å²) in [5.41, 5.74) is 0.909. The highest BCUT2D eigenvalue weighted by atomic mass is 16.4. The lowest BCUT2D eigenvalue weighted by Gasteiger charge is -2.23. The van der Waals surface area contributed by atoms with Crippen molar-refractivity contribution in [2.24, 2.45) is 23.7 Å². The van der Waals surface area contributed by atoms with Gasteiger partial charge in [-0.1, -0.05) is 18.2 Å². The Bertz CT molecular complexity index is 555. The molecule has 104 valence electrons. The molecule has 0 aliphatic heterocycles. The summed E-state index contributed by atoms with van der Waals surface area (Å²) in [6.07, 6.45) is 8.07. The number of carbonyl (C=O) groups is 2. The number of hydrogen-bond acceptors (Lipinski definition) is 3. The Morgan fingerprint density at radius 1 is 1.30 bits per heavy atom. The Kier molecular flexibility index (Phi) is 3.26. The summed E-state index contributed by atoms with van der Waals surface area (Å²) in [6.45, 7) is 0.386. The van der Waals surface area contributed by atoms with Crippen LogP contribution in [0.4, 0.5) is 0 Å². The van der Waals surface area contributed by atoms with E-state index in [4.69, 9.17) is 0 Å².